The maximum atomic E-state index is 13.4. The van der Waals surface area contributed by atoms with Gasteiger partial charge in [0.2, 0.25) is 0 Å². The van der Waals surface area contributed by atoms with Gasteiger partial charge in [0.05, 0.1) is 5.41 Å². The Kier molecular flexibility index (Phi) is 5.78. The van der Waals surface area contributed by atoms with E-state index in [2.05, 4.69) is 9.97 Å². The monoisotopic (exact) mass is 498 g/mol. The van der Waals surface area contributed by atoms with Gasteiger partial charge in [0.15, 0.2) is 5.65 Å². The Labute approximate surface area is 207 Å². The summed E-state index contributed by atoms with van der Waals surface area (Å²) in [6, 6.07) is 8.07. The number of H-pyrrole nitrogens is 1. The van der Waals surface area contributed by atoms with E-state index in [0.29, 0.717) is 24.6 Å². The number of carbonyl (C=O) groups is 1. The van der Waals surface area contributed by atoms with E-state index in [-0.39, 0.29) is 30.2 Å². The van der Waals surface area contributed by atoms with Gasteiger partial charge in [-0.05, 0) is 73.8 Å². The number of fused-ring (bicyclic) bond motifs is 1. The molecule has 2 saturated heterocycles. The second-order valence-electron chi connectivity index (χ2n) is 10.3. The zero-order valence-corrected chi connectivity index (χ0v) is 20.0. The lowest BCUT2D eigenvalue weighted by Gasteiger charge is -2.32. The molecular formula is C27H29F3N4O2. The van der Waals surface area contributed by atoms with Gasteiger partial charge >= 0.3 is 6.18 Å². The lowest BCUT2D eigenvalue weighted by atomic mass is 9.89. The molecule has 9 heteroatoms. The summed E-state index contributed by atoms with van der Waals surface area (Å²) in [6.45, 7) is 2.69. The number of ether oxygens (including phenoxy) is 1. The molecule has 1 aliphatic carbocycles. The van der Waals surface area contributed by atoms with Gasteiger partial charge in [0.25, 0.3) is 5.91 Å². The zero-order valence-electron chi connectivity index (χ0n) is 20.0. The van der Waals surface area contributed by atoms with Crippen LogP contribution in [-0.4, -0.2) is 58.2 Å². The van der Waals surface area contributed by atoms with Crippen molar-refractivity contribution in [2.24, 2.45) is 0 Å². The number of benzene rings is 1. The highest BCUT2D eigenvalue weighted by atomic mass is 19.4. The van der Waals surface area contributed by atoms with Gasteiger partial charge in [0, 0.05) is 44.0 Å². The van der Waals surface area contributed by atoms with Crippen molar-refractivity contribution in [1.82, 2.24) is 19.9 Å². The molecule has 1 aromatic carbocycles. The van der Waals surface area contributed by atoms with E-state index in [1.54, 1.807) is 17.0 Å². The van der Waals surface area contributed by atoms with Gasteiger partial charge < -0.3 is 14.6 Å². The van der Waals surface area contributed by atoms with Crippen molar-refractivity contribution in [2.75, 3.05) is 26.3 Å². The van der Waals surface area contributed by atoms with Crippen LogP contribution in [0, 0.1) is 0 Å². The van der Waals surface area contributed by atoms with E-state index < -0.39 is 11.6 Å². The number of alkyl halides is 3. The van der Waals surface area contributed by atoms with Crippen molar-refractivity contribution in [1.29, 1.82) is 0 Å². The molecule has 36 heavy (non-hydrogen) atoms. The summed E-state index contributed by atoms with van der Waals surface area (Å²) in [7, 11) is 0. The quantitative estimate of drug-likeness (QED) is 0.518. The van der Waals surface area contributed by atoms with Gasteiger partial charge in [-0.2, -0.15) is 13.2 Å². The SMILES string of the molecule is O=C(c1ccc(C2(C(F)(F)F)CC2)cc1)N1CCC(c2ccnc3[nH]c(C4CCOCC4)nc23)CC1. The number of hydrogen-bond donors (Lipinski definition) is 1. The Hall–Kier alpha value is -2.94. The van der Waals surface area contributed by atoms with Crippen LogP contribution in [0.1, 0.15) is 77.7 Å². The minimum absolute atomic E-state index is 0.117. The van der Waals surface area contributed by atoms with Crippen LogP contribution in [0.3, 0.4) is 0 Å². The number of hydrogen-bond acceptors (Lipinski definition) is 4. The van der Waals surface area contributed by atoms with Crippen LogP contribution in [0.15, 0.2) is 36.5 Å². The summed E-state index contributed by atoms with van der Waals surface area (Å²) < 4.78 is 45.7. The normalized spacial score (nSPS) is 21.1. The molecule has 1 amide bonds. The molecule has 6 rings (SSSR count). The molecule has 1 saturated carbocycles. The van der Waals surface area contributed by atoms with Gasteiger partial charge in [-0.25, -0.2) is 9.97 Å². The first kappa shape index (κ1) is 23.5. The topological polar surface area (TPSA) is 71.1 Å². The molecule has 3 aliphatic rings. The number of pyridine rings is 1. The van der Waals surface area contributed by atoms with Crippen LogP contribution in [0.4, 0.5) is 13.2 Å². The Morgan fingerprint density at radius 2 is 1.69 bits per heavy atom. The van der Waals surface area contributed by atoms with E-state index in [0.717, 1.165) is 61.4 Å². The maximum Gasteiger partial charge on any atom is 0.398 e. The Morgan fingerprint density at radius 3 is 2.33 bits per heavy atom. The predicted octanol–water partition coefficient (Wildman–Crippen LogP) is 5.47. The molecule has 4 heterocycles. The Bertz CT molecular complexity index is 1250. The highest BCUT2D eigenvalue weighted by Gasteiger charge is 2.64. The minimum atomic E-state index is -4.25. The lowest BCUT2D eigenvalue weighted by molar-refractivity contribution is -0.160. The van der Waals surface area contributed by atoms with E-state index in [4.69, 9.17) is 9.72 Å². The van der Waals surface area contributed by atoms with Crippen LogP contribution >= 0.6 is 0 Å². The van der Waals surface area contributed by atoms with Gasteiger partial charge in [0.1, 0.15) is 11.3 Å². The molecule has 1 N–H and O–H groups in total. The molecule has 0 spiro atoms. The summed E-state index contributed by atoms with van der Waals surface area (Å²) in [5.41, 5.74) is 1.85. The fourth-order valence-corrected chi connectivity index (χ4v) is 5.81. The smallest absolute Gasteiger partial charge is 0.381 e. The Balaban J connectivity index is 1.13. The highest BCUT2D eigenvalue weighted by molar-refractivity contribution is 5.94. The number of imidazole rings is 1. The number of nitrogens with zero attached hydrogens (tertiary/aromatic N) is 3. The number of piperidine rings is 1. The first-order chi connectivity index (χ1) is 17.4. The van der Waals surface area contributed by atoms with Crippen molar-refractivity contribution in [3.05, 3.63) is 59.0 Å². The molecule has 3 aromatic rings. The molecule has 2 aliphatic heterocycles. The number of amides is 1. The van der Waals surface area contributed by atoms with Gasteiger partial charge in [-0.3, -0.25) is 4.79 Å². The van der Waals surface area contributed by atoms with Crippen molar-refractivity contribution in [2.45, 2.75) is 62.0 Å². The van der Waals surface area contributed by atoms with Crippen LogP contribution in [0.5, 0.6) is 0 Å². The number of rotatable bonds is 4. The number of likely N-dealkylation sites (tertiary alicyclic amines) is 1. The van der Waals surface area contributed by atoms with Gasteiger partial charge in [-0.15, -0.1) is 0 Å². The number of aromatic nitrogens is 3. The second-order valence-corrected chi connectivity index (χ2v) is 10.3. The molecule has 3 fully saturated rings. The number of carbonyl (C=O) groups excluding carboxylic acids is 1. The molecule has 190 valence electrons. The van der Waals surface area contributed by atoms with Crippen molar-refractivity contribution >= 4 is 17.1 Å². The summed E-state index contributed by atoms with van der Waals surface area (Å²) in [5.74, 6) is 1.48. The number of nitrogens with one attached hydrogen (secondary N) is 1. The third-order valence-corrected chi connectivity index (χ3v) is 8.24. The van der Waals surface area contributed by atoms with Crippen molar-refractivity contribution < 1.29 is 22.7 Å². The maximum absolute atomic E-state index is 13.4. The summed E-state index contributed by atoms with van der Waals surface area (Å²) >= 11 is 0. The molecule has 0 bridgehead atoms. The average molecular weight is 499 g/mol. The summed E-state index contributed by atoms with van der Waals surface area (Å²) in [4.78, 5) is 27.7. The fraction of sp³-hybridized carbons (Fsp3) is 0.519. The van der Waals surface area contributed by atoms with E-state index in [9.17, 15) is 18.0 Å². The van der Waals surface area contributed by atoms with Crippen LogP contribution < -0.4 is 0 Å². The summed E-state index contributed by atoms with van der Waals surface area (Å²) in [6.07, 6.45) is 1.31. The third kappa shape index (κ3) is 4.07. The largest absolute Gasteiger partial charge is 0.398 e. The molecule has 0 unspecified atom stereocenters. The molecule has 6 nitrogen and oxygen atoms in total. The lowest BCUT2D eigenvalue weighted by Crippen LogP contribution is -2.38. The first-order valence-corrected chi connectivity index (χ1v) is 12.7. The zero-order chi connectivity index (χ0) is 24.9. The average Bonchev–Trinajstić information content (AvgIpc) is 3.62. The highest BCUT2D eigenvalue weighted by Crippen LogP contribution is 2.58. The van der Waals surface area contributed by atoms with Crippen molar-refractivity contribution in [3.63, 3.8) is 0 Å². The molecular weight excluding hydrogens is 469 g/mol. The first-order valence-electron chi connectivity index (χ1n) is 12.7. The number of halogens is 3. The van der Waals surface area contributed by atoms with Crippen LogP contribution in [0.25, 0.3) is 11.2 Å². The minimum Gasteiger partial charge on any atom is -0.381 e. The Morgan fingerprint density at radius 1 is 1.00 bits per heavy atom. The summed E-state index contributed by atoms with van der Waals surface area (Å²) in [5, 5.41) is 0. The third-order valence-electron chi connectivity index (χ3n) is 8.24. The van der Waals surface area contributed by atoms with Crippen LogP contribution in [0.2, 0.25) is 0 Å². The van der Waals surface area contributed by atoms with Crippen LogP contribution in [-0.2, 0) is 10.2 Å². The molecule has 2 aromatic heterocycles. The predicted molar refractivity (Wildman–Crippen MR) is 128 cm³/mol. The molecule has 0 radical (unpaired) electrons. The second kappa shape index (κ2) is 8.87. The fourth-order valence-electron chi connectivity index (χ4n) is 5.81. The standard InChI is InChI=1S/C27H29F3N4O2/c28-27(29,30)26(10-11-26)20-3-1-19(2-4-20)25(35)34-13-6-17(7-14-34)21-5-12-31-24-22(21)32-23(33-24)18-8-15-36-16-9-18/h1-5,12,17-18H,6-11,13-16H2,(H,31,32,33). The van der Waals surface area contributed by atoms with E-state index in [1.165, 1.54) is 12.1 Å². The van der Waals surface area contributed by atoms with Crippen molar-refractivity contribution in [3.8, 4) is 0 Å². The van der Waals surface area contributed by atoms with E-state index >= 15 is 0 Å². The van der Waals surface area contributed by atoms with E-state index in [1.807, 2.05) is 12.3 Å². The molecule has 0 atom stereocenters. The van der Waals surface area contributed by atoms with Gasteiger partial charge in [-0.1, -0.05) is 12.1 Å². The number of aromatic amines is 1.